The Labute approximate surface area is 162 Å². The third kappa shape index (κ3) is 2.95. The van der Waals surface area contributed by atoms with Gasteiger partial charge in [-0.15, -0.1) is 0 Å². The van der Waals surface area contributed by atoms with Gasteiger partial charge < -0.3 is 9.67 Å². The molecular formula is C23H19N3O2. The minimum absolute atomic E-state index is 0.318. The van der Waals surface area contributed by atoms with Crippen LogP contribution in [0.4, 0.5) is 0 Å². The summed E-state index contributed by atoms with van der Waals surface area (Å²) < 4.78 is 2.26. The van der Waals surface area contributed by atoms with Gasteiger partial charge in [-0.25, -0.2) is 14.8 Å². The van der Waals surface area contributed by atoms with E-state index in [1.807, 2.05) is 30.3 Å². The Bertz CT molecular complexity index is 1170. The number of carbonyl (C=O) groups is 1. The number of pyridine rings is 1. The maximum Gasteiger partial charge on any atom is 0.336 e. The Hall–Kier alpha value is -3.47. The predicted molar refractivity (Wildman–Crippen MR) is 107 cm³/mol. The molecule has 4 aromatic rings. The summed E-state index contributed by atoms with van der Waals surface area (Å²) in [6.45, 7) is 0.731. The maximum absolute atomic E-state index is 11.5. The van der Waals surface area contributed by atoms with Crippen LogP contribution in [0.5, 0.6) is 0 Å². The number of rotatable bonds is 5. The normalized spacial score (nSPS) is 13.7. The summed E-state index contributed by atoms with van der Waals surface area (Å²) in [7, 11) is 0. The van der Waals surface area contributed by atoms with Crippen LogP contribution in [0.15, 0.2) is 66.9 Å². The van der Waals surface area contributed by atoms with Gasteiger partial charge in [0.05, 0.1) is 11.1 Å². The summed E-state index contributed by atoms with van der Waals surface area (Å²) >= 11 is 0. The third-order valence-corrected chi connectivity index (χ3v) is 5.26. The molecule has 5 nitrogen and oxygen atoms in total. The lowest BCUT2D eigenvalue weighted by molar-refractivity contribution is 0.0697. The van der Waals surface area contributed by atoms with Crippen LogP contribution in [0.3, 0.4) is 0 Å². The van der Waals surface area contributed by atoms with Gasteiger partial charge in [0, 0.05) is 18.7 Å². The number of hydrogen-bond acceptors (Lipinski definition) is 3. The van der Waals surface area contributed by atoms with E-state index in [0.717, 1.165) is 40.2 Å². The fourth-order valence-corrected chi connectivity index (χ4v) is 3.69. The molecule has 1 aliphatic carbocycles. The summed E-state index contributed by atoms with van der Waals surface area (Å²) in [5, 5.41) is 9.43. The topological polar surface area (TPSA) is 68.0 Å². The number of fused-ring (bicyclic) bond motifs is 1. The number of carboxylic acids is 1. The molecule has 138 valence electrons. The zero-order chi connectivity index (χ0) is 19.1. The van der Waals surface area contributed by atoms with Gasteiger partial charge in [0.1, 0.15) is 5.82 Å². The quantitative estimate of drug-likeness (QED) is 0.553. The lowest BCUT2D eigenvalue weighted by Gasteiger charge is -2.11. The first-order valence-corrected chi connectivity index (χ1v) is 9.43. The lowest BCUT2D eigenvalue weighted by Crippen LogP contribution is -2.04. The highest BCUT2D eigenvalue weighted by Crippen LogP contribution is 2.40. The molecule has 0 spiro atoms. The molecule has 1 N–H and O–H groups in total. The molecule has 2 aromatic heterocycles. The smallest absolute Gasteiger partial charge is 0.336 e. The fourth-order valence-electron chi connectivity index (χ4n) is 3.69. The monoisotopic (exact) mass is 369 g/mol. The molecule has 2 heterocycles. The van der Waals surface area contributed by atoms with Crippen molar-refractivity contribution in [2.24, 2.45) is 0 Å². The molecule has 0 unspecified atom stereocenters. The Morgan fingerprint density at radius 3 is 2.57 bits per heavy atom. The molecule has 1 fully saturated rings. The second-order valence-corrected chi connectivity index (χ2v) is 7.22. The standard InChI is InChI=1S/C23H19N3O2/c27-23(28)19-5-2-1-4-18(19)16-9-7-15(8-10-16)14-26-20-6-3-13-24-21(20)25-22(26)17-11-12-17/h1-10,13,17H,11-12,14H2,(H,27,28). The first-order chi connectivity index (χ1) is 13.7. The van der Waals surface area contributed by atoms with Crippen molar-refractivity contribution >= 4 is 17.1 Å². The Kier molecular flexibility index (Phi) is 3.93. The number of aromatic carboxylic acids is 1. The van der Waals surface area contributed by atoms with E-state index in [9.17, 15) is 9.90 Å². The molecule has 0 atom stereocenters. The summed E-state index contributed by atoms with van der Waals surface area (Å²) in [6.07, 6.45) is 4.16. The van der Waals surface area contributed by atoms with Crippen molar-refractivity contribution in [3.63, 3.8) is 0 Å². The number of imidazole rings is 1. The minimum atomic E-state index is -0.911. The van der Waals surface area contributed by atoms with E-state index in [1.54, 1.807) is 18.3 Å². The molecule has 5 heteroatoms. The highest BCUT2D eigenvalue weighted by Gasteiger charge is 2.29. The highest BCUT2D eigenvalue weighted by molar-refractivity contribution is 5.96. The van der Waals surface area contributed by atoms with Gasteiger partial charge >= 0.3 is 5.97 Å². The molecule has 2 aromatic carbocycles. The molecule has 5 rings (SSSR count). The summed E-state index contributed by atoms with van der Waals surface area (Å²) in [4.78, 5) is 20.6. The van der Waals surface area contributed by atoms with Crippen LogP contribution in [0.25, 0.3) is 22.3 Å². The minimum Gasteiger partial charge on any atom is -0.478 e. The van der Waals surface area contributed by atoms with Crippen molar-refractivity contribution < 1.29 is 9.90 Å². The Balaban J connectivity index is 1.49. The van der Waals surface area contributed by atoms with Gasteiger partial charge in [-0.05, 0) is 47.7 Å². The molecule has 0 amide bonds. The first-order valence-electron chi connectivity index (χ1n) is 9.43. The SMILES string of the molecule is O=C(O)c1ccccc1-c1ccc(Cn2c(C3CC3)nc3ncccc32)cc1. The van der Waals surface area contributed by atoms with Crippen LogP contribution in [0.1, 0.15) is 40.5 Å². The van der Waals surface area contributed by atoms with Crippen molar-refractivity contribution in [1.82, 2.24) is 14.5 Å². The summed E-state index contributed by atoms with van der Waals surface area (Å²) in [5.41, 5.74) is 4.97. The zero-order valence-electron chi connectivity index (χ0n) is 15.2. The molecule has 1 saturated carbocycles. The largest absolute Gasteiger partial charge is 0.478 e. The second kappa shape index (κ2) is 6.60. The molecule has 0 aliphatic heterocycles. The Morgan fingerprint density at radius 2 is 1.82 bits per heavy atom. The van der Waals surface area contributed by atoms with Crippen LogP contribution in [0, 0.1) is 0 Å². The summed E-state index contributed by atoms with van der Waals surface area (Å²) in [5.74, 6) is 0.746. The van der Waals surface area contributed by atoms with Gasteiger partial charge in [0.2, 0.25) is 0 Å². The molecule has 0 radical (unpaired) electrons. The van der Waals surface area contributed by atoms with Gasteiger partial charge in [-0.3, -0.25) is 0 Å². The number of aromatic nitrogens is 3. The van der Waals surface area contributed by atoms with Gasteiger partial charge in [0.15, 0.2) is 5.65 Å². The van der Waals surface area contributed by atoms with Crippen molar-refractivity contribution in [3.8, 4) is 11.1 Å². The van der Waals surface area contributed by atoms with E-state index in [2.05, 4.69) is 27.8 Å². The number of carboxylic acid groups (broad SMARTS) is 1. The first kappa shape index (κ1) is 16.7. The van der Waals surface area contributed by atoms with Crippen LogP contribution >= 0.6 is 0 Å². The number of hydrogen-bond donors (Lipinski definition) is 1. The van der Waals surface area contributed by atoms with Crippen LogP contribution < -0.4 is 0 Å². The van der Waals surface area contributed by atoms with E-state index in [4.69, 9.17) is 4.98 Å². The van der Waals surface area contributed by atoms with E-state index < -0.39 is 5.97 Å². The van der Waals surface area contributed by atoms with Gasteiger partial charge in [-0.1, -0.05) is 42.5 Å². The zero-order valence-corrected chi connectivity index (χ0v) is 15.2. The lowest BCUT2D eigenvalue weighted by atomic mass is 9.99. The Morgan fingerprint density at radius 1 is 1.04 bits per heavy atom. The summed E-state index contributed by atoms with van der Waals surface area (Å²) in [6, 6.07) is 19.2. The molecule has 0 saturated heterocycles. The van der Waals surface area contributed by atoms with Crippen molar-refractivity contribution in [1.29, 1.82) is 0 Å². The molecule has 28 heavy (non-hydrogen) atoms. The molecular weight excluding hydrogens is 350 g/mol. The van der Waals surface area contributed by atoms with Crippen molar-refractivity contribution in [3.05, 3.63) is 83.8 Å². The second-order valence-electron chi connectivity index (χ2n) is 7.22. The number of benzene rings is 2. The van der Waals surface area contributed by atoms with Crippen molar-refractivity contribution in [2.45, 2.75) is 25.3 Å². The van der Waals surface area contributed by atoms with Gasteiger partial charge in [-0.2, -0.15) is 0 Å². The molecule has 0 bridgehead atoms. The van der Waals surface area contributed by atoms with Gasteiger partial charge in [0.25, 0.3) is 0 Å². The predicted octanol–water partition coefficient (Wildman–Crippen LogP) is 4.72. The van der Waals surface area contributed by atoms with Crippen LogP contribution in [-0.4, -0.2) is 25.6 Å². The van der Waals surface area contributed by atoms with E-state index in [0.29, 0.717) is 11.5 Å². The van der Waals surface area contributed by atoms with Crippen molar-refractivity contribution in [2.75, 3.05) is 0 Å². The third-order valence-electron chi connectivity index (χ3n) is 5.26. The fraction of sp³-hybridized carbons (Fsp3) is 0.174. The highest BCUT2D eigenvalue weighted by atomic mass is 16.4. The average Bonchev–Trinajstić information content (AvgIpc) is 3.51. The van der Waals surface area contributed by atoms with E-state index in [-0.39, 0.29) is 0 Å². The maximum atomic E-state index is 11.5. The van der Waals surface area contributed by atoms with Crippen LogP contribution in [0.2, 0.25) is 0 Å². The van der Waals surface area contributed by atoms with Crippen LogP contribution in [-0.2, 0) is 6.54 Å². The average molecular weight is 369 g/mol. The number of nitrogens with zero attached hydrogens (tertiary/aromatic N) is 3. The van der Waals surface area contributed by atoms with E-state index >= 15 is 0 Å². The molecule has 1 aliphatic rings. The van der Waals surface area contributed by atoms with E-state index in [1.165, 1.54) is 12.8 Å².